The van der Waals surface area contributed by atoms with E-state index in [9.17, 15) is 9.59 Å². The minimum absolute atomic E-state index is 0.547. The fourth-order valence-electron chi connectivity index (χ4n) is 3.84. The number of hydrogen-bond acceptors (Lipinski definition) is 5. The number of fused-ring (bicyclic) bond motifs is 1. The largest absolute Gasteiger partial charge is 0.467 e. The highest BCUT2D eigenvalue weighted by Gasteiger charge is 2.55. The summed E-state index contributed by atoms with van der Waals surface area (Å²) in [6.07, 6.45) is -0.771. The fraction of sp³-hybridized carbons (Fsp3) is 0.125. The fourth-order valence-corrected chi connectivity index (χ4v) is 3.84. The number of esters is 1. The molecule has 1 unspecified atom stereocenters. The second kappa shape index (κ2) is 7.83. The number of nitrogens with zero attached hydrogens (tertiary/aromatic N) is 2. The summed E-state index contributed by atoms with van der Waals surface area (Å²) in [6.45, 7) is 0. The number of carbonyl (C=O) groups excluding carboxylic acids is 2. The summed E-state index contributed by atoms with van der Waals surface area (Å²) >= 11 is 0. The quantitative estimate of drug-likeness (QED) is 0.625. The number of ether oxygens (including phenoxy) is 2. The number of benzene rings is 3. The average molecular weight is 400 g/mol. The van der Waals surface area contributed by atoms with Crippen molar-refractivity contribution in [2.24, 2.45) is 5.10 Å². The highest BCUT2D eigenvalue weighted by Crippen LogP contribution is 2.43. The molecule has 0 spiro atoms. The summed E-state index contributed by atoms with van der Waals surface area (Å²) in [6, 6.07) is 25.9. The van der Waals surface area contributed by atoms with E-state index in [-0.39, 0.29) is 0 Å². The van der Waals surface area contributed by atoms with E-state index in [1.54, 1.807) is 24.3 Å². The van der Waals surface area contributed by atoms with Crippen LogP contribution in [0.25, 0.3) is 0 Å². The third-order valence-corrected chi connectivity index (χ3v) is 5.16. The minimum atomic E-state index is -1.63. The van der Waals surface area contributed by atoms with Crippen molar-refractivity contribution in [1.82, 2.24) is 5.01 Å². The first-order valence-corrected chi connectivity index (χ1v) is 9.40. The summed E-state index contributed by atoms with van der Waals surface area (Å²) in [5, 5.41) is 5.72. The number of carbonyl (C=O) groups is 2. The van der Waals surface area contributed by atoms with Gasteiger partial charge in [0.2, 0.25) is 5.54 Å². The molecule has 0 aliphatic carbocycles. The van der Waals surface area contributed by atoms with Gasteiger partial charge in [0.1, 0.15) is 0 Å². The molecule has 1 atom stereocenters. The van der Waals surface area contributed by atoms with E-state index < -0.39 is 17.6 Å². The van der Waals surface area contributed by atoms with Crippen LogP contribution in [0.15, 0.2) is 90.0 Å². The van der Waals surface area contributed by atoms with Crippen LogP contribution in [-0.4, -0.2) is 37.0 Å². The SMILES string of the molecule is COC(=O)N1N=C(c2ccccc2)c2ccccc2C1(C(=O)OC)c1ccccc1. The van der Waals surface area contributed by atoms with Crippen molar-refractivity contribution < 1.29 is 19.1 Å². The molecule has 0 fully saturated rings. The Hall–Kier alpha value is -3.93. The summed E-state index contributed by atoms with van der Waals surface area (Å²) in [4.78, 5) is 26.3. The maximum absolute atomic E-state index is 13.4. The molecule has 0 saturated carbocycles. The van der Waals surface area contributed by atoms with Crippen LogP contribution in [0.4, 0.5) is 4.79 Å². The Labute approximate surface area is 174 Å². The maximum Gasteiger partial charge on any atom is 0.431 e. The summed E-state index contributed by atoms with van der Waals surface area (Å²) in [7, 11) is 2.55. The molecule has 30 heavy (non-hydrogen) atoms. The summed E-state index contributed by atoms with van der Waals surface area (Å²) in [5.41, 5.74) is 1.61. The van der Waals surface area contributed by atoms with E-state index in [0.29, 0.717) is 16.8 Å². The van der Waals surface area contributed by atoms with Gasteiger partial charge in [-0.2, -0.15) is 10.1 Å². The zero-order chi connectivity index (χ0) is 21.1. The van der Waals surface area contributed by atoms with Crippen molar-refractivity contribution in [2.45, 2.75) is 5.54 Å². The Bertz CT molecular complexity index is 1110. The van der Waals surface area contributed by atoms with Gasteiger partial charge in [-0.3, -0.25) is 0 Å². The van der Waals surface area contributed by atoms with Crippen molar-refractivity contribution in [2.75, 3.05) is 14.2 Å². The van der Waals surface area contributed by atoms with Gasteiger partial charge in [-0.1, -0.05) is 84.9 Å². The number of rotatable bonds is 3. The number of amides is 1. The van der Waals surface area contributed by atoms with Gasteiger partial charge >= 0.3 is 12.1 Å². The first-order chi connectivity index (χ1) is 14.6. The van der Waals surface area contributed by atoms with Crippen molar-refractivity contribution in [3.8, 4) is 0 Å². The van der Waals surface area contributed by atoms with Crippen LogP contribution in [0.2, 0.25) is 0 Å². The highest BCUT2D eigenvalue weighted by molar-refractivity contribution is 6.16. The van der Waals surface area contributed by atoms with Crippen molar-refractivity contribution in [3.05, 3.63) is 107 Å². The third-order valence-electron chi connectivity index (χ3n) is 5.16. The molecule has 3 aromatic rings. The Balaban J connectivity index is 2.11. The predicted molar refractivity (Wildman–Crippen MR) is 112 cm³/mol. The number of hydrogen-bond donors (Lipinski definition) is 0. The molecule has 3 aromatic carbocycles. The van der Waals surface area contributed by atoms with Crippen LogP contribution in [-0.2, 0) is 19.8 Å². The highest BCUT2D eigenvalue weighted by atomic mass is 16.6. The van der Waals surface area contributed by atoms with Gasteiger partial charge < -0.3 is 9.47 Å². The summed E-state index contributed by atoms with van der Waals surface area (Å²) < 4.78 is 10.2. The van der Waals surface area contributed by atoms with Gasteiger partial charge in [-0.05, 0) is 5.56 Å². The van der Waals surface area contributed by atoms with Crippen LogP contribution in [0.1, 0.15) is 22.3 Å². The molecule has 0 bridgehead atoms. The van der Waals surface area contributed by atoms with Crippen molar-refractivity contribution in [1.29, 1.82) is 0 Å². The van der Waals surface area contributed by atoms with Crippen LogP contribution in [0.3, 0.4) is 0 Å². The third kappa shape index (κ3) is 2.85. The lowest BCUT2D eigenvalue weighted by atomic mass is 9.77. The Kier molecular flexibility index (Phi) is 5.06. The first kappa shape index (κ1) is 19.4. The first-order valence-electron chi connectivity index (χ1n) is 9.40. The van der Waals surface area contributed by atoms with E-state index in [0.717, 1.165) is 16.1 Å². The molecule has 150 valence electrons. The monoisotopic (exact) mass is 400 g/mol. The predicted octanol–water partition coefficient (Wildman–Crippen LogP) is 3.94. The molecule has 0 saturated heterocycles. The standard InChI is InChI=1S/C24H20N2O4/c1-29-22(27)24(18-13-7-4-8-14-18)20-16-10-9-15-19(20)21(17-11-5-3-6-12-17)25-26(24)23(28)30-2/h3-16H,1-2H3. The zero-order valence-corrected chi connectivity index (χ0v) is 16.6. The zero-order valence-electron chi connectivity index (χ0n) is 16.6. The average Bonchev–Trinajstić information content (AvgIpc) is 2.83. The lowest BCUT2D eigenvalue weighted by Crippen LogP contribution is -2.56. The molecule has 1 heterocycles. The van der Waals surface area contributed by atoms with Gasteiger partial charge in [0.05, 0.1) is 19.9 Å². The molecule has 4 rings (SSSR count). The van der Waals surface area contributed by atoms with Gasteiger partial charge in [-0.25, -0.2) is 9.59 Å². The van der Waals surface area contributed by atoms with Gasteiger partial charge in [0.25, 0.3) is 0 Å². The van der Waals surface area contributed by atoms with E-state index in [1.807, 2.05) is 60.7 Å². The molecule has 0 radical (unpaired) electrons. The topological polar surface area (TPSA) is 68.2 Å². The number of methoxy groups -OCH3 is 2. The maximum atomic E-state index is 13.4. The molecule has 1 amide bonds. The number of hydrazone groups is 1. The smallest absolute Gasteiger partial charge is 0.431 e. The molecular formula is C24H20N2O4. The van der Waals surface area contributed by atoms with Crippen LogP contribution >= 0.6 is 0 Å². The van der Waals surface area contributed by atoms with Crippen molar-refractivity contribution in [3.63, 3.8) is 0 Å². The van der Waals surface area contributed by atoms with Gasteiger partial charge in [0, 0.05) is 16.7 Å². The summed E-state index contributed by atoms with van der Waals surface area (Å²) in [5.74, 6) is -0.637. The van der Waals surface area contributed by atoms with Crippen molar-refractivity contribution >= 4 is 17.8 Å². The van der Waals surface area contributed by atoms with Crippen LogP contribution in [0.5, 0.6) is 0 Å². The molecule has 1 aliphatic rings. The second-order valence-corrected chi connectivity index (χ2v) is 6.71. The minimum Gasteiger partial charge on any atom is -0.467 e. The van der Waals surface area contributed by atoms with Gasteiger partial charge in [-0.15, -0.1) is 0 Å². The Morgan fingerprint density at radius 1 is 0.800 bits per heavy atom. The molecule has 1 aliphatic heterocycles. The second-order valence-electron chi connectivity index (χ2n) is 6.71. The van der Waals surface area contributed by atoms with Crippen LogP contribution < -0.4 is 0 Å². The molecule has 6 nitrogen and oxygen atoms in total. The Morgan fingerprint density at radius 2 is 1.40 bits per heavy atom. The Morgan fingerprint density at radius 3 is 2.03 bits per heavy atom. The van der Waals surface area contributed by atoms with E-state index in [2.05, 4.69) is 5.10 Å². The van der Waals surface area contributed by atoms with E-state index in [1.165, 1.54) is 14.2 Å². The molecule has 0 aromatic heterocycles. The molecule has 0 N–H and O–H groups in total. The lowest BCUT2D eigenvalue weighted by Gasteiger charge is -2.42. The van der Waals surface area contributed by atoms with E-state index in [4.69, 9.17) is 9.47 Å². The van der Waals surface area contributed by atoms with Gasteiger partial charge in [0.15, 0.2) is 0 Å². The molecule has 6 heteroatoms. The van der Waals surface area contributed by atoms with E-state index >= 15 is 0 Å². The van der Waals surface area contributed by atoms with Crippen LogP contribution in [0, 0.1) is 0 Å². The lowest BCUT2D eigenvalue weighted by molar-refractivity contribution is -0.152. The molecular weight excluding hydrogens is 380 g/mol. The normalized spacial score (nSPS) is 17.5.